The molecule has 0 fully saturated rings. The second-order valence-electron chi connectivity index (χ2n) is 4.96. The van der Waals surface area contributed by atoms with Crippen LogP contribution in [-0.4, -0.2) is 16.7 Å². The maximum atomic E-state index is 12.2. The van der Waals surface area contributed by atoms with Gasteiger partial charge in [-0.1, -0.05) is 42.5 Å². The van der Waals surface area contributed by atoms with Crippen molar-refractivity contribution in [3.8, 4) is 0 Å². The van der Waals surface area contributed by atoms with Crippen molar-refractivity contribution in [3.63, 3.8) is 0 Å². The number of carbonyl (C=O) groups excluding carboxylic acids is 2. The minimum absolute atomic E-state index is 0.106. The molecule has 3 aromatic rings. The quantitative estimate of drug-likeness (QED) is 0.748. The number of nitrogens with one attached hydrogen (secondary N) is 1. The van der Waals surface area contributed by atoms with E-state index in [9.17, 15) is 9.59 Å². The van der Waals surface area contributed by atoms with E-state index in [0.29, 0.717) is 10.8 Å². The second-order valence-corrected chi connectivity index (χ2v) is 5.82. The number of thiazole rings is 1. The SMILES string of the molecule is CC(=O)c1csc(NC(=O)Cc2cccc3ccccc23)n1. The van der Waals surface area contributed by atoms with Gasteiger partial charge in [-0.2, -0.15) is 0 Å². The van der Waals surface area contributed by atoms with E-state index in [0.717, 1.165) is 16.3 Å². The van der Waals surface area contributed by atoms with Crippen molar-refractivity contribution in [3.05, 3.63) is 59.1 Å². The molecule has 1 amide bonds. The molecule has 0 atom stereocenters. The van der Waals surface area contributed by atoms with Crippen molar-refractivity contribution in [1.82, 2.24) is 4.98 Å². The van der Waals surface area contributed by atoms with Crippen molar-refractivity contribution in [2.45, 2.75) is 13.3 Å². The van der Waals surface area contributed by atoms with Gasteiger partial charge in [0.2, 0.25) is 5.91 Å². The highest BCUT2D eigenvalue weighted by atomic mass is 32.1. The van der Waals surface area contributed by atoms with Crippen molar-refractivity contribution in [2.24, 2.45) is 0 Å². The van der Waals surface area contributed by atoms with Crippen LogP contribution in [0.3, 0.4) is 0 Å². The molecule has 1 heterocycles. The first kappa shape index (κ1) is 14.4. The molecule has 0 aliphatic rings. The summed E-state index contributed by atoms with van der Waals surface area (Å²) in [4.78, 5) is 27.5. The molecular weight excluding hydrogens is 296 g/mol. The second kappa shape index (κ2) is 6.07. The zero-order chi connectivity index (χ0) is 15.5. The molecule has 0 aliphatic carbocycles. The summed E-state index contributed by atoms with van der Waals surface area (Å²) < 4.78 is 0. The Hall–Kier alpha value is -2.53. The van der Waals surface area contributed by atoms with Gasteiger partial charge in [0.15, 0.2) is 10.9 Å². The Morgan fingerprint density at radius 1 is 1.14 bits per heavy atom. The number of amides is 1. The number of anilines is 1. The Kier molecular flexibility index (Phi) is 3.98. The van der Waals surface area contributed by atoms with Crippen LogP contribution in [0.25, 0.3) is 10.8 Å². The minimum atomic E-state index is -0.138. The van der Waals surface area contributed by atoms with E-state index < -0.39 is 0 Å². The summed E-state index contributed by atoms with van der Waals surface area (Å²) in [5.74, 6) is -0.244. The van der Waals surface area contributed by atoms with Crippen LogP contribution in [0.2, 0.25) is 0 Å². The van der Waals surface area contributed by atoms with Crippen molar-refractivity contribution in [1.29, 1.82) is 0 Å². The first-order valence-corrected chi connectivity index (χ1v) is 7.74. The van der Waals surface area contributed by atoms with Gasteiger partial charge in [0.1, 0.15) is 5.69 Å². The summed E-state index contributed by atoms with van der Waals surface area (Å²) in [6, 6.07) is 13.9. The lowest BCUT2D eigenvalue weighted by molar-refractivity contribution is -0.115. The Bertz CT molecular complexity index is 849. The highest BCUT2D eigenvalue weighted by molar-refractivity contribution is 7.14. The summed E-state index contributed by atoms with van der Waals surface area (Å²) >= 11 is 1.26. The summed E-state index contributed by atoms with van der Waals surface area (Å²) in [7, 11) is 0. The van der Waals surface area contributed by atoms with Gasteiger partial charge in [-0.3, -0.25) is 9.59 Å². The lowest BCUT2D eigenvalue weighted by Crippen LogP contribution is -2.14. The van der Waals surface area contributed by atoms with E-state index in [-0.39, 0.29) is 18.1 Å². The normalized spacial score (nSPS) is 10.6. The van der Waals surface area contributed by atoms with Crippen LogP contribution in [0.1, 0.15) is 23.0 Å². The van der Waals surface area contributed by atoms with E-state index in [1.54, 1.807) is 5.38 Å². The van der Waals surface area contributed by atoms with Crippen molar-refractivity contribution in [2.75, 3.05) is 5.32 Å². The predicted molar refractivity (Wildman–Crippen MR) is 88.4 cm³/mol. The maximum Gasteiger partial charge on any atom is 0.230 e. The topological polar surface area (TPSA) is 59.1 Å². The van der Waals surface area contributed by atoms with E-state index in [1.807, 2.05) is 42.5 Å². The monoisotopic (exact) mass is 310 g/mol. The average Bonchev–Trinajstić information content (AvgIpc) is 2.96. The number of aromatic nitrogens is 1. The van der Waals surface area contributed by atoms with Crippen LogP contribution >= 0.6 is 11.3 Å². The van der Waals surface area contributed by atoms with E-state index in [1.165, 1.54) is 18.3 Å². The lowest BCUT2D eigenvalue weighted by atomic mass is 10.0. The molecule has 3 rings (SSSR count). The van der Waals surface area contributed by atoms with Crippen molar-refractivity contribution >= 4 is 38.9 Å². The number of ketones is 1. The molecule has 0 aliphatic heterocycles. The zero-order valence-electron chi connectivity index (χ0n) is 12.0. The smallest absolute Gasteiger partial charge is 0.230 e. The van der Waals surface area contributed by atoms with Crippen molar-refractivity contribution < 1.29 is 9.59 Å². The number of hydrogen-bond acceptors (Lipinski definition) is 4. The molecule has 0 unspecified atom stereocenters. The summed E-state index contributed by atoms with van der Waals surface area (Å²) in [5, 5.41) is 7.03. The fourth-order valence-corrected chi connectivity index (χ4v) is 3.04. The van der Waals surface area contributed by atoms with Gasteiger partial charge in [-0.05, 0) is 16.3 Å². The average molecular weight is 310 g/mol. The maximum absolute atomic E-state index is 12.2. The van der Waals surface area contributed by atoms with Gasteiger partial charge in [-0.25, -0.2) is 4.98 Å². The Morgan fingerprint density at radius 2 is 1.91 bits per heavy atom. The van der Waals surface area contributed by atoms with Gasteiger partial charge in [0, 0.05) is 12.3 Å². The number of Topliss-reactive ketones (excluding diaryl/α,β-unsaturated/α-hetero) is 1. The molecule has 0 radical (unpaired) electrons. The van der Waals surface area contributed by atoms with Crippen LogP contribution in [-0.2, 0) is 11.2 Å². The third-order valence-corrected chi connectivity index (χ3v) is 4.10. The fourth-order valence-electron chi connectivity index (χ4n) is 2.28. The third kappa shape index (κ3) is 3.04. The molecule has 22 heavy (non-hydrogen) atoms. The van der Waals surface area contributed by atoms with Gasteiger partial charge in [-0.15, -0.1) is 11.3 Å². The van der Waals surface area contributed by atoms with Crippen LogP contribution < -0.4 is 5.32 Å². The number of rotatable bonds is 4. The molecule has 110 valence electrons. The molecular formula is C17H14N2O2S. The number of carbonyl (C=O) groups is 2. The highest BCUT2D eigenvalue weighted by Crippen LogP contribution is 2.20. The largest absolute Gasteiger partial charge is 0.302 e. The molecule has 0 saturated carbocycles. The number of nitrogens with zero attached hydrogens (tertiary/aromatic N) is 1. The highest BCUT2D eigenvalue weighted by Gasteiger charge is 2.11. The van der Waals surface area contributed by atoms with Crippen LogP contribution in [0.15, 0.2) is 47.8 Å². The fraction of sp³-hybridized carbons (Fsp3) is 0.118. The van der Waals surface area contributed by atoms with E-state index >= 15 is 0 Å². The van der Waals surface area contributed by atoms with Crippen LogP contribution in [0.5, 0.6) is 0 Å². The standard InChI is InChI=1S/C17H14N2O2S/c1-11(20)15-10-22-17(18-15)19-16(21)9-13-7-4-6-12-5-2-3-8-14(12)13/h2-8,10H,9H2,1H3,(H,18,19,21). The molecule has 5 heteroatoms. The minimum Gasteiger partial charge on any atom is -0.302 e. The zero-order valence-corrected chi connectivity index (χ0v) is 12.8. The molecule has 0 saturated heterocycles. The Labute approximate surface area is 131 Å². The number of hydrogen-bond donors (Lipinski definition) is 1. The van der Waals surface area contributed by atoms with Gasteiger partial charge >= 0.3 is 0 Å². The molecule has 0 spiro atoms. The van der Waals surface area contributed by atoms with Gasteiger partial charge in [0.05, 0.1) is 6.42 Å². The molecule has 0 bridgehead atoms. The Morgan fingerprint density at radius 3 is 2.68 bits per heavy atom. The summed E-state index contributed by atoms with van der Waals surface area (Å²) in [6.07, 6.45) is 0.274. The third-order valence-electron chi connectivity index (χ3n) is 3.34. The van der Waals surface area contributed by atoms with Gasteiger partial charge in [0.25, 0.3) is 0 Å². The van der Waals surface area contributed by atoms with Gasteiger partial charge < -0.3 is 5.32 Å². The number of fused-ring (bicyclic) bond motifs is 1. The van der Waals surface area contributed by atoms with Crippen LogP contribution in [0, 0.1) is 0 Å². The molecule has 4 nitrogen and oxygen atoms in total. The molecule has 2 aromatic carbocycles. The first-order chi connectivity index (χ1) is 10.6. The van der Waals surface area contributed by atoms with E-state index in [4.69, 9.17) is 0 Å². The molecule has 1 N–H and O–H groups in total. The lowest BCUT2D eigenvalue weighted by Gasteiger charge is -2.06. The van der Waals surface area contributed by atoms with Crippen LogP contribution in [0.4, 0.5) is 5.13 Å². The first-order valence-electron chi connectivity index (χ1n) is 6.86. The molecule has 1 aromatic heterocycles. The predicted octanol–water partition coefficient (Wildman–Crippen LogP) is 3.68. The number of benzene rings is 2. The summed E-state index contributed by atoms with van der Waals surface area (Å²) in [6.45, 7) is 1.46. The Balaban J connectivity index is 1.77. The van der Waals surface area contributed by atoms with E-state index in [2.05, 4.69) is 10.3 Å². The summed E-state index contributed by atoms with van der Waals surface area (Å²) in [5.41, 5.74) is 1.35.